The average molecular weight is 292 g/mol. The van der Waals surface area contributed by atoms with Crippen LogP contribution in [-0.4, -0.2) is 48.5 Å². The molecule has 0 amide bonds. The fourth-order valence-electron chi connectivity index (χ4n) is 2.99. The Morgan fingerprint density at radius 3 is 2.62 bits per heavy atom. The molecule has 4 heteroatoms. The lowest BCUT2D eigenvalue weighted by atomic mass is 9.99. The number of aryl methyl sites for hydroxylation is 2. The third kappa shape index (κ3) is 4.51. The fraction of sp³-hybridized carbons (Fsp3) is 0.647. The Labute approximate surface area is 127 Å². The predicted octanol–water partition coefficient (Wildman–Crippen LogP) is 1.77. The van der Waals surface area contributed by atoms with Crippen LogP contribution in [0.5, 0.6) is 0 Å². The lowest BCUT2D eigenvalue weighted by Gasteiger charge is -2.37. The van der Waals surface area contributed by atoms with E-state index in [-0.39, 0.29) is 18.8 Å². The second-order valence-corrected chi connectivity index (χ2v) is 6.30. The van der Waals surface area contributed by atoms with Crippen molar-refractivity contribution in [2.24, 2.45) is 5.73 Å². The van der Waals surface area contributed by atoms with E-state index in [0.29, 0.717) is 12.6 Å². The van der Waals surface area contributed by atoms with Crippen molar-refractivity contribution in [3.05, 3.63) is 34.9 Å². The van der Waals surface area contributed by atoms with Crippen LogP contribution in [0.2, 0.25) is 0 Å². The number of ether oxygens (including phenoxy) is 1. The minimum atomic E-state index is -0.0568. The van der Waals surface area contributed by atoms with Crippen LogP contribution in [0, 0.1) is 13.8 Å². The first-order chi connectivity index (χ1) is 9.99. The van der Waals surface area contributed by atoms with Gasteiger partial charge >= 0.3 is 0 Å². The molecular formula is C17H28N2O2. The van der Waals surface area contributed by atoms with Gasteiger partial charge in [-0.25, -0.2) is 0 Å². The zero-order chi connectivity index (χ0) is 15.4. The highest BCUT2D eigenvalue weighted by Gasteiger charge is 2.25. The van der Waals surface area contributed by atoms with E-state index in [2.05, 4.69) is 43.9 Å². The number of rotatable bonds is 5. The van der Waals surface area contributed by atoms with Gasteiger partial charge in [-0.05, 0) is 32.8 Å². The number of hydrogen-bond donors (Lipinski definition) is 2. The number of nitrogens with two attached hydrogens (primary N) is 1. The van der Waals surface area contributed by atoms with Crippen molar-refractivity contribution in [2.75, 3.05) is 26.3 Å². The standard InChI is InChI=1S/C17H28N2O2/c1-12-6-13(2)8-15(7-12)17(18)4-5-19-9-16(10-20)21-11-14(19)3/h6-8,14,16-17,20H,4-5,9-11,18H2,1-3H3. The van der Waals surface area contributed by atoms with Crippen LogP contribution in [-0.2, 0) is 4.74 Å². The van der Waals surface area contributed by atoms with Gasteiger partial charge in [0.25, 0.3) is 0 Å². The summed E-state index contributed by atoms with van der Waals surface area (Å²) >= 11 is 0. The molecule has 0 spiro atoms. The molecule has 1 aliphatic heterocycles. The van der Waals surface area contributed by atoms with Crippen LogP contribution in [0.4, 0.5) is 0 Å². The molecule has 1 saturated heterocycles. The SMILES string of the molecule is Cc1cc(C)cc(C(N)CCN2CC(CO)OCC2C)c1. The zero-order valence-corrected chi connectivity index (χ0v) is 13.4. The van der Waals surface area contributed by atoms with E-state index < -0.39 is 0 Å². The molecular weight excluding hydrogens is 264 g/mol. The van der Waals surface area contributed by atoms with Gasteiger partial charge in [0, 0.05) is 25.2 Å². The van der Waals surface area contributed by atoms with Crippen LogP contribution >= 0.6 is 0 Å². The highest BCUT2D eigenvalue weighted by molar-refractivity contribution is 5.30. The number of aliphatic hydroxyl groups excluding tert-OH is 1. The maximum atomic E-state index is 9.24. The van der Waals surface area contributed by atoms with Crippen LogP contribution in [0.3, 0.4) is 0 Å². The minimum Gasteiger partial charge on any atom is -0.394 e. The van der Waals surface area contributed by atoms with E-state index in [4.69, 9.17) is 10.5 Å². The Bertz CT molecular complexity index is 444. The lowest BCUT2D eigenvalue weighted by molar-refractivity contribution is -0.0782. The van der Waals surface area contributed by atoms with Crippen molar-refractivity contribution in [2.45, 2.75) is 45.4 Å². The van der Waals surface area contributed by atoms with Crippen molar-refractivity contribution in [3.63, 3.8) is 0 Å². The molecule has 1 aromatic carbocycles. The third-order valence-corrected chi connectivity index (χ3v) is 4.24. The topological polar surface area (TPSA) is 58.7 Å². The molecule has 0 saturated carbocycles. The molecule has 1 aromatic rings. The van der Waals surface area contributed by atoms with Crippen LogP contribution < -0.4 is 5.73 Å². The Hall–Kier alpha value is -0.940. The Balaban J connectivity index is 1.92. The maximum Gasteiger partial charge on any atom is 0.0933 e. The van der Waals surface area contributed by atoms with E-state index in [0.717, 1.165) is 19.5 Å². The van der Waals surface area contributed by atoms with Crippen molar-refractivity contribution in [3.8, 4) is 0 Å². The second-order valence-electron chi connectivity index (χ2n) is 6.30. The zero-order valence-electron chi connectivity index (χ0n) is 13.4. The van der Waals surface area contributed by atoms with E-state index >= 15 is 0 Å². The molecule has 1 aliphatic rings. The van der Waals surface area contributed by atoms with Crippen molar-refractivity contribution in [1.29, 1.82) is 0 Å². The number of hydrogen-bond acceptors (Lipinski definition) is 4. The van der Waals surface area contributed by atoms with Gasteiger partial charge < -0.3 is 15.6 Å². The first-order valence-corrected chi connectivity index (χ1v) is 7.80. The molecule has 118 valence electrons. The van der Waals surface area contributed by atoms with E-state index in [1.165, 1.54) is 16.7 Å². The number of aliphatic hydroxyl groups is 1. The molecule has 3 unspecified atom stereocenters. The summed E-state index contributed by atoms with van der Waals surface area (Å²) < 4.78 is 5.57. The molecule has 3 N–H and O–H groups in total. The Morgan fingerprint density at radius 1 is 1.33 bits per heavy atom. The molecule has 0 bridgehead atoms. The Morgan fingerprint density at radius 2 is 2.00 bits per heavy atom. The normalized spacial score (nSPS) is 25.0. The molecule has 21 heavy (non-hydrogen) atoms. The van der Waals surface area contributed by atoms with Crippen molar-refractivity contribution in [1.82, 2.24) is 4.90 Å². The number of nitrogens with zero attached hydrogens (tertiary/aromatic N) is 1. The third-order valence-electron chi connectivity index (χ3n) is 4.24. The monoisotopic (exact) mass is 292 g/mol. The summed E-state index contributed by atoms with van der Waals surface area (Å²) in [7, 11) is 0. The Kier molecular flexibility index (Phi) is 5.76. The molecule has 2 rings (SSSR count). The van der Waals surface area contributed by atoms with Crippen LogP contribution in [0.25, 0.3) is 0 Å². The second kappa shape index (κ2) is 7.36. The largest absolute Gasteiger partial charge is 0.394 e. The summed E-state index contributed by atoms with van der Waals surface area (Å²) in [6, 6.07) is 6.98. The molecule has 1 heterocycles. The van der Waals surface area contributed by atoms with Crippen molar-refractivity contribution >= 4 is 0 Å². The van der Waals surface area contributed by atoms with Crippen LogP contribution in [0.1, 0.15) is 36.1 Å². The van der Waals surface area contributed by atoms with E-state index in [1.54, 1.807) is 0 Å². The number of benzene rings is 1. The minimum absolute atomic E-state index is 0.0568. The summed E-state index contributed by atoms with van der Waals surface area (Å²) in [4.78, 5) is 2.37. The van der Waals surface area contributed by atoms with Gasteiger partial charge in [-0.15, -0.1) is 0 Å². The summed E-state index contributed by atoms with van der Waals surface area (Å²) in [6.45, 7) is 8.89. The van der Waals surface area contributed by atoms with E-state index in [1.807, 2.05) is 0 Å². The smallest absolute Gasteiger partial charge is 0.0933 e. The summed E-state index contributed by atoms with van der Waals surface area (Å²) in [5, 5.41) is 9.24. The van der Waals surface area contributed by atoms with Gasteiger partial charge in [-0.2, -0.15) is 0 Å². The summed E-state index contributed by atoms with van der Waals surface area (Å²) in [5.74, 6) is 0. The molecule has 4 nitrogen and oxygen atoms in total. The average Bonchev–Trinajstić information content (AvgIpc) is 2.45. The molecule has 3 atom stereocenters. The first-order valence-electron chi connectivity index (χ1n) is 7.80. The summed E-state index contributed by atoms with van der Waals surface area (Å²) in [5.41, 5.74) is 10.1. The maximum absolute atomic E-state index is 9.24. The van der Waals surface area contributed by atoms with Crippen LogP contribution in [0.15, 0.2) is 18.2 Å². The lowest BCUT2D eigenvalue weighted by Crippen LogP contribution is -2.50. The molecule has 0 aromatic heterocycles. The number of morpholine rings is 1. The van der Waals surface area contributed by atoms with Gasteiger partial charge in [0.15, 0.2) is 0 Å². The van der Waals surface area contributed by atoms with E-state index in [9.17, 15) is 5.11 Å². The van der Waals surface area contributed by atoms with Gasteiger partial charge in [-0.3, -0.25) is 4.90 Å². The molecule has 0 aliphatic carbocycles. The fourth-order valence-corrected chi connectivity index (χ4v) is 2.99. The predicted molar refractivity (Wildman–Crippen MR) is 85.3 cm³/mol. The highest BCUT2D eigenvalue weighted by atomic mass is 16.5. The van der Waals surface area contributed by atoms with Crippen molar-refractivity contribution < 1.29 is 9.84 Å². The van der Waals surface area contributed by atoms with Gasteiger partial charge in [0.05, 0.1) is 19.3 Å². The highest BCUT2D eigenvalue weighted by Crippen LogP contribution is 2.20. The molecule has 0 radical (unpaired) electrons. The van der Waals surface area contributed by atoms with Gasteiger partial charge in [0.2, 0.25) is 0 Å². The quantitative estimate of drug-likeness (QED) is 0.868. The van der Waals surface area contributed by atoms with Gasteiger partial charge in [-0.1, -0.05) is 29.3 Å². The first kappa shape index (κ1) is 16.4. The molecule has 1 fully saturated rings. The van der Waals surface area contributed by atoms with Gasteiger partial charge in [0.1, 0.15) is 0 Å². The summed E-state index contributed by atoms with van der Waals surface area (Å²) in [6.07, 6.45) is 0.865.